The van der Waals surface area contributed by atoms with Gasteiger partial charge in [-0.05, 0) is 31.2 Å². The number of aryl methyl sites for hydroxylation is 1. The Kier molecular flexibility index (Phi) is 4.79. The number of nitrogens with two attached hydrogens (primary N) is 1. The average molecular weight is 306 g/mol. The number of methoxy groups -OCH3 is 2. The molecule has 0 saturated carbocycles. The predicted molar refractivity (Wildman–Crippen MR) is 78.2 cm³/mol. The number of esters is 1. The SMILES string of the molecule is COC(=O)[C@H](N)[C@H](O)c1c(-c2ccc(OC)cc2)noc1C. The molecule has 0 bridgehead atoms. The lowest BCUT2D eigenvalue weighted by Crippen LogP contribution is -2.37. The maximum absolute atomic E-state index is 11.5. The molecule has 0 spiro atoms. The molecule has 0 amide bonds. The van der Waals surface area contributed by atoms with Gasteiger partial charge >= 0.3 is 5.97 Å². The minimum atomic E-state index is -1.28. The number of carbonyl (C=O) groups excluding carboxylic acids is 1. The first-order valence-electron chi connectivity index (χ1n) is 6.61. The number of aliphatic hydroxyl groups excluding tert-OH is 1. The number of benzene rings is 1. The van der Waals surface area contributed by atoms with Crippen LogP contribution in [0.3, 0.4) is 0 Å². The molecular weight excluding hydrogens is 288 g/mol. The topological polar surface area (TPSA) is 108 Å². The molecule has 2 atom stereocenters. The van der Waals surface area contributed by atoms with E-state index in [2.05, 4.69) is 9.89 Å². The molecule has 1 heterocycles. The Balaban J connectivity index is 2.40. The molecule has 0 saturated heterocycles. The van der Waals surface area contributed by atoms with E-state index >= 15 is 0 Å². The summed E-state index contributed by atoms with van der Waals surface area (Å²) in [4.78, 5) is 11.5. The molecule has 7 heteroatoms. The van der Waals surface area contributed by atoms with E-state index in [9.17, 15) is 9.90 Å². The monoisotopic (exact) mass is 306 g/mol. The lowest BCUT2D eigenvalue weighted by Gasteiger charge is -2.17. The molecule has 2 aromatic rings. The molecule has 1 aromatic heterocycles. The van der Waals surface area contributed by atoms with Gasteiger partial charge in [-0.1, -0.05) is 5.16 Å². The van der Waals surface area contributed by atoms with Crippen molar-refractivity contribution in [3.63, 3.8) is 0 Å². The molecule has 0 aliphatic rings. The van der Waals surface area contributed by atoms with Crippen molar-refractivity contribution in [2.24, 2.45) is 5.73 Å². The van der Waals surface area contributed by atoms with E-state index in [4.69, 9.17) is 15.0 Å². The van der Waals surface area contributed by atoms with Crippen LogP contribution in [-0.4, -0.2) is 36.5 Å². The second-order valence-corrected chi connectivity index (χ2v) is 4.72. The summed E-state index contributed by atoms with van der Waals surface area (Å²) in [5, 5.41) is 14.3. The molecule has 2 rings (SSSR count). The van der Waals surface area contributed by atoms with E-state index in [1.165, 1.54) is 7.11 Å². The van der Waals surface area contributed by atoms with Crippen LogP contribution in [0.15, 0.2) is 28.8 Å². The molecule has 7 nitrogen and oxygen atoms in total. The summed E-state index contributed by atoms with van der Waals surface area (Å²) in [6, 6.07) is 5.84. The van der Waals surface area contributed by atoms with Crippen LogP contribution < -0.4 is 10.5 Å². The number of rotatable bonds is 5. The molecule has 3 N–H and O–H groups in total. The summed E-state index contributed by atoms with van der Waals surface area (Å²) in [7, 11) is 2.78. The third-order valence-electron chi connectivity index (χ3n) is 3.38. The first-order chi connectivity index (χ1) is 10.5. The number of aliphatic hydroxyl groups is 1. The number of hydrogen-bond donors (Lipinski definition) is 2. The Morgan fingerprint density at radius 1 is 1.32 bits per heavy atom. The third kappa shape index (κ3) is 2.95. The van der Waals surface area contributed by atoms with E-state index in [1.54, 1.807) is 38.3 Å². The van der Waals surface area contributed by atoms with E-state index in [0.717, 1.165) is 0 Å². The third-order valence-corrected chi connectivity index (χ3v) is 3.38. The van der Waals surface area contributed by atoms with Crippen molar-refractivity contribution < 1.29 is 23.9 Å². The molecule has 22 heavy (non-hydrogen) atoms. The maximum atomic E-state index is 11.5. The molecule has 118 valence electrons. The molecule has 0 aliphatic carbocycles. The fraction of sp³-hybridized carbons (Fsp3) is 0.333. The Morgan fingerprint density at radius 3 is 2.50 bits per heavy atom. The summed E-state index contributed by atoms with van der Waals surface area (Å²) in [5.74, 6) is 0.365. The fourth-order valence-electron chi connectivity index (χ4n) is 2.13. The van der Waals surface area contributed by atoms with Crippen LogP contribution in [0.25, 0.3) is 11.3 Å². The number of nitrogens with zero attached hydrogens (tertiary/aromatic N) is 1. The largest absolute Gasteiger partial charge is 0.497 e. The Hall–Kier alpha value is -2.38. The van der Waals surface area contributed by atoms with Gasteiger partial charge in [0.2, 0.25) is 0 Å². The van der Waals surface area contributed by atoms with Crippen LogP contribution in [0.4, 0.5) is 0 Å². The number of ether oxygens (including phenoxy) is 2. The first-order valence-corrected chi connectivity index (χ1v) is 6.61. The second-order valence-electron chi connectivity index (χ2n) is 4.72. The van der Waals surface area contributed by atoms with Crippen LogP contribution in [0, 0.1) is 6.92 Å². The van der Waals surface area contributed by atoms with Crippen LogP contribution in [-0.2, 0) is 9.53 Å². The average Bonchev–Trinajstić information content (AvgIpc) is 2.94. The second kappa shape index (κ2) is 6.59. The van der Waals surface area contributed by atoms with Crippen molar-refractivity contribution >= 4 is 5.97 Å². The smallest absolute Gasteiger partial charge is 0.325 e. The summed E-state index contributed by atoms with van der Waals surface area (Å²) >= 11 is 0. The van der Waals surface area contributed by atoms with Gasteiger partial charge in [0.05, 0.1) is 19.8 Å². The minimum absolute atomic E-state index is 0.364. The van der Waals surface area contributed by atoms with Gasteiger partial charge in [0, 0.05) is 5.56 Å². The zero-order valence-corrected chi connectivity index (χ0v) is 12.6. The van der Waals surface area contributed by atoms with Gasteiger partial charge in [-0.25, -0.2) is 0 Å². The molecule has 0 unspecified atom stereocenters. The van der Waals surface area contributed by atoms with Crippen molar-refractivity contribution in [2.45, 2.75) is 19.1 Å². The Morgan fingerprint density at radius 2 is 1.95 bits per heavy atom. The van der Waals surface area contributed by atoms with Crippen LogP contribution in [0.1, 0.15) is 17.4 Å². The summed E-state index contributed by atoms with van der Waals surface area (Å²) < 4.78 is 14.8. The molecule has 0 radical (unpaired) electrons. The molecule has 0 fully saturated rings. The van der Waals surface area contributed by atoms with Gasteiger partial charge < -0.3 is 24.8 Å². The maximum Gasteiger partial charge on any atom is 0.325 e. The summed E-state index contributed by atoms with van der Waals surface area (Å²) in [6.07, 6.45) is -1.28. The Bertz CT molecular complexity index is 650. The molecule has 0 aliphatic heterocycles. The van der Waals surface area contributed by atoms with Crippen LogP contribution in [0.5, 0.6) is 5.75 Å². The van der Waals surface area contributed by atoms with Gasteiger partial charge in [-0.3, -0.25) is 4.79 Å². The normalized spacial score (nSPS) is 13.5. The van der Waals surface area contributed by atoms with E-state index < -0.39 is 18.1 Å². The number of hydrogen-bond acceptors (Lipinski definition) is 7. The predicted octanol–water partition coefficient (Wildman–Crippen LogP) is 1.19. The lowest BCUT2D eigenvalue weighted by atomic mass is 9.97. The van der Waals surface area contributed by atoms with Gasteiger partial charge in [0.15, 0.2) is 0 Å². The molecular formula is C15H18N2O5. The van der Waals surface area contributed by atoms with Crippen LogP contribution >= 0.6 is 0 Å². The zero-order valence-electron chi connectivity index (χ0n) is 12.6. The van der Waals surface area contributed by atoms with E-state index in [-0.39, 0.29) is 0 Å². The Labute approximate surface area is 127 Å². The van der Waals surface area contributed by atoms with E-state index in [1.807, 2.05) is 0 Å². The lowest BCUT2D eigenvalue weighted by molar-refractivity contribution is -0.145. The molecule has 1 aromatic carbocycles. The van der Waals surface area contributed by atoms with Crippen molar-refractivity contribution in [2.75, 3.05) is 14.2 Å². The standard InChI is InChI=1S/C15H18N2O5/c1-8-11(14(18)12(16)15(19)21-3)13(17-22-8)9-4-6-10(20-2)7-5-9/h4-7,12,14,18H,16H2,1-3H3/t12-,14-/m1/s1. The van der Waals surface area contributed by atoms with Gasteiger partial charge in [0.25, 0.3) is 0 Å². The zero-order chi connectivity index (χ0) is 16.3. The van der Waals surface area contributed by atoms with E-state index in [0.29, 0.717) is 28.3 Å². The highest BCUT2D eigenvalue weighted by Crippen LogP contribution is 2.32. The fourth-order valence-corrected chi connectivity index (χ4v) is 2.13. The van der Waals surface area contributed by atoms with Crippen molar-refractivity contribution in [1.82, 2.24) is 5.16 Å². The van der Waals surface area contributed by atoms with Gasteiger partial charge in [-0.2, -0.15) is 0 Å². The minimum Gasteiger partial charge on any atom is -0.497 e. The highest BCUT2D eigenvalue weighted by molar-refractivity contribution is 5.77. The van der Waals surface area contributed by atoms with Crippen molar-refractivity contribution in [3.05, 3.63) is 35.6 Å². The van der Waals surface area contributed by atoms with Gasteiger partial charge in [0.1, 0.15) is 29.3 Å². The summed E-state index contributed by atoms with van der Waals surface area (Å²) in [5.41, 5.74) is 7.21. The van der Waals surface area contributed by atoms with Crippen molar-refractivity contribution in [3.8, 4) is 17.0 Å². The van der Waals surface area contributed by atoms with Gasteiger partial charge in [-0.15, -0.1) is 0 Å². The first kappa shape index (κ1) is 16.0. The van der Waals surface area contributed by atoms with Crippen molar-refractivity contribution in [1.29, 1.82) is 0 Å². The summed E-state index contributed by atoms with van der Waals surface area (Å²) in [6.45, 7) is 1.64. The quantitative estimate of drug-likeness (QED) is 0.799. The highest BCUT2D eigenvalue weighted by Gasteiger charge is 2.31. The highest BCUT2D eigenvalue weighted by atomic mass is 16.5. The number of aromatic nitrogens is 1. The number of carbonyl (C=O) groups is 1. The van der Waals surface area contributed by atoms with Crippen LogP contribution in [0.2, 0.25) is 0 Å².